The number of rotatable bonds is 5. The molecule has 0 spiro atoms. The zero-order chi connectivity index (χ0) is 16.3. The van der Waals surface area contributed by atoms with Crippen molar-refractivity contribution in [2.45, 2.75) is 31.5 Å². The zero-order valence-electron chi connectivity index (χ0n) is 12.2. The number of nitrogens with zero attached hydrogens (tertiary/aromatic N) is 2. The van der Waals surface area contributed by atoms with E-state index in [4.69, 9.17) is 0 Å². The number of aromatic nitrogens is 2. The number of H-pyrrole nitrogens is 1. The van der Waals surface area contributed by atoms with Gasteiger partial charge in [0.25, 0.3) is 5.56 Å². The van der Waals surface area contributed by atoms with E-state index in [2.05, 4.69) is 10.2 Å². The topological polar surface area (TPSA) is 107 Å². The maximum atomic E-state index is 13.2. The number of carboxylic acids is 1. The van der Waals surface area contributed by atoms with Gasteiger partial charge in [0, 0.05) is 6.04 Å². The molecule has 122 valence electrons. The van der Waals surface area contributed by atoms with Gasteiger partial charge in [0.15, 0.2) is 0 Å². The Balaban J connectivity index is 2.09. The number of piperidine rings is 1. The molecule has 1 fully saturated rings. The van der Waals surface area contributed by atoms with Crippen LogP contribution in [0.5, 0.6) is 0 Å². The number of nitrogens with one attached hydrogen (secondary N) is 2. The lowest BCUT2D eigenvalue weighted by Crippen LogP contribution is -2.51. The van der Waals surface area contributed by atoms with E-state index in [9.17, 15) is 23.9 Å². The molecule has 1 atom stereocenters. The van der Waals surface area contributed by atoms with Crippen molar-refractivity contribution in [3.63, 3.8) is 0 Å². The Hall–Kier alpha value is -2.00. The van der Waals surface area contributed by atoms with Gasteiger partial charge in [-0.1, -0.05) is 0 Å². The first-order chi connectivity index (χ1) is 10.4. The van der Waals surface area contributed by atoms with E-state index in [1.165, 1.54) is 0 Å². The lowest BCUT2D eigenvalue weighted by Gasteiger charge is -2.31. The van der Waals surface area contributed by atoms with Crippen molar-refractivity contribution in [3.05, 3.63) is 32.9 Å². The number of hydrogen-bond acceptors (Lipinski definition) is 5. The lowest BCUT2D eigenvalue weighted by molar-refractivity contribution is -0.140. The van der Waals surface area contributed by atoms with Gasteiger partial charge >= 0.3 is 11.7 Å². The highest BCUT2D eigenvalue weighted by Gasteiger charge is 2.25. The van der Waals surface area contributed by atoms with Gasteiger partial charge in [-0.2, -0.15) is 4.39 Å². The van der Waals surface area contributed by atoms with Crippen molar-refractivity contribution in [3.8, 4) is 0 Å². The molecule has 1 aromatic rings. The van der Waals surface area contributed by atoms with E-state index in [1.807, 2.05) is 12.0 Å². The number of carbonyl (C=O) groups is 1. The molecule has 0 aromatic carbocycles. The molecule has 3 N–H and O–H groups in total. The van der Waals surface area contributed by atoms with Gasteiger partial charge in [-0.15, -0.1) is 0 Å². The maximum absolute atomic E-state index is 13.2. The summed E-state index contributed by atoms with van der Waals surface area (Å²) in [5.41, 5.74) is -1.95. The third-order valence-corrected chi connectivity index (χ3v) is 3.80. The Labute approximate surface area is 125 Å². The fourth-order valence-corrected chi connectivity index (χ4v) is 2.48. The summed E-state index contributed by atoms with van der Waals surface area (Å²) in [6.07, 6.45) is 2.33. The van der Waals surface area contributed by atoms with Crippen molar-refractivity contribution in [2.24, 2.45) is 0 Å². The molecule has 8 nitrogen and oxygen atoms in total. The number of aliphatic carboxylic acids is 1. The molecule has 0 aliphatic carbocycles. The van der Waals surface area contributed by atoms with E-state index in [1.54, 1.807) is 0 Å². The molecule has 9 heteroatoms. The van der Waals surface area contributed by atoms with Crippen LogP contribution in [0.25, 0.3) is 0 Å². The normalized spacial score (nSPS) is 18.3. The Morgan fingerprint density at radius 1 is 1.50 bits per heavy atom. The van der Waals surface area contributed by atoms with Crippen LogP contribution in [0.15, 0.2) is 15.8 Å². The average molecular weight is 314 g/mol. The van der Waals surface area contributed by atoms with E-state index >= 15 is 0 Å². The Kier molecular flexibility index (Phi) is 5.09. The van der Waals surface area contributed by atoms with E-state index in [-0.39, 0.29) is 12.6 Å². The first-order valence-corrected chi connectivity index (χ1v) is 7.03. The Morgan fingerprint density at radius 3 is 2.73 bits per heavy atom. The Morgan fingerprint density at radius 2 is 2.14 bits per heavy atom. The predicted octanol–water partition coefficient (Wildman–Crippen LogP) is -1.19. The largest absolute Gasteiger partial charge is 0.480 e. The molecule has 1 aromatic heterocycles. The van der Waals surface area contributed by atoms with Crippen LogP contribution in [0.3, 0.4) is 0 Å². The third-order valence-electron chi connectivity index (χ3n) is 3.80. The minimum atomic E-state index is -1.13. The fourth-order valence-electron chi connectivity index (χ4n) is 2.48. The highest BCUT2D eigenvalue weighted by Crippen LogP contribution is 2.09. The van der Waals surface area contributed by atoms with Crippen LogP contribution in [-0.4, -0.2) is 57.7 Å². The molecule has 0 radical (unpaired) electrons. The zero-order valence-corrected chi connectivity index (χ0v) is 12.2. The smallest absolute Gasteiger partial charge is 0.328 e. The van der Waals surface area contributed by atoms with Gasteiger partial charge < -0.3 is 15.3 Å². The second-order valence-electron chi connectivity index (χ2n) is 5.52. The van der Waals surface area contributed by atoms with E-state index < -0.39 is 29.1 Å². The van der Waals surface area contributed by atoms with Gasteiger partial charge in [-0.25, -0.2) is 4.79 Å². The van der Waals surface area contributed by atoms with Crippen molar-refractivity contribution >= 4 is 5.97 Å². The first-order valence-electron chi connectivity index (χ1n) is 7.03. The highest BCUT2D eigenvalue weighted by atomic mass is 19.1. The third kappa shape index (κ3) is 4.01. The lowest BCUT2D eigenvalue weighted by atomic mass is 10.0. The van der Waals surface area contributed by atoms with Gasteiger partial charge in [0.1, 0.15) is 6.04 Å². The molecule has 0 bridgehead atoms. The van der Waals surface area contributed by atoms with Crippen molar-refractivity contribution in [1.82, 2.24) is 19.8 Å². The highest BCUT2D eigenvalue weighted by molar-refractivity contribution is 5.73. The second-order valence-corrected chi connectivity index (χ2v) is 5.52. The minimum Gasteiger partial charge on any atom is -0.480 e. The van der Waals surface area contributed by atoms with E-state index in [0.29, 0.717) is 0 Å². The van der Waals surface area contributed by atoms with Crippen LogP contribution >= 0.6 is 0 Å². The van der Waals surface area contributed by atoms with Crippen LogP contribution in [-0.2, 0) is 11.3 Å². The molecule has 1 saturated heterocycles. The quantitative estimate of drug-likeness (QED) is 0.631. The van der Waals surface area contributed by atoms with E-state index in [0.717, 1.165) is 36.7 Å². The molecule has 0 saturated carbocycles. The van der Waals surface area contributed by atoms with Gasteiger partial charge in [-0.05, 0) is 33.0 Å². The molecule has 1 unspecified atom stereocenters. The number of likely N-dealkylation sites (tertiary alicyclic amines) is 1. The monoisotopic (exact) mass is 314 g/mol. The second kappa shape index (κ2) is 6.84. The molecule has 2 rings (SSSR count). The predicted molar refractivity (Wildman–Crippen MR) is 76.4 cm³/mol. The Bertz CT molecular complexity index is 648. The van der Waals surface area contributed by atoms with Crippen molar-refractivity contribution < 1.29 is 14.3 Å². The van der Waals surface area contributed by atoms with Gasteiger partial charge in [-0.3, -0.25) is 19.1 Å². The number of carboxylic acid groups (broad SMARTS) is 1. The summed E-state index contributed by atoms with van der Waals surface area (Å²) in [5.74, 6) is -2.25. The number of halogens is 1. The summed E-state index contributed by atoms with van der Waals surface area (Å²) in [4.78, 5) is 37.9. The average Bonchev–Trinajstić information content (AvgIpc) is 2.46. The maximum Gasteiger partial charge on any atom is 0.328 e. The van der Waals surface area contributed by atoms with Gasteiger partial charge in [0.2, 0.25) is 5.82 Å². The molecule has 22 heavy (non-hydrogen) atoms. The van der Waals surface area contributed by atoms with Gasteiger partial charge in [0.05, 0.1) is 12.7 Å². The molecule has 1 aliphatic rings. The summed E-state index contributed by atoms with van der Waals surface area (Å²) in [6.45, 7) is 1.46. The van der Waals surface area contributed by atoms with Crippen LogP contribution in [0.1, 0.15) is 12.8 Å². The first kappa shape index (κ1) is 16.4. The summed E-state index contributed by atoms with van der Waals surface area (Å²) >= 11 is 0. The SMILES string of the molecule is CN1CCC(NC(Cn2cc(F)c(=O)[nH]c2=O)C(=O)O)CC1. The standard InChI is InChI=1S/C13H19FN4O4/c1-17-4-2-8(3-5-17)15-10(12(20)21)7-18-6-9(14)11(19)16-13(18)22/h6,8,10,15H,2-5,7H2,1H3,(H,20,21)(H,16,19,22). The van der Waals surface area contributed by atoms with Crippen molar-refractivity contribution in [1.29, 1.82) is 0 Å². The number of hydrogen-bond donors (Lipinski definition) is 3. The molecule has 2 heterocycles. The summed E-state index contributed by atoms with van der Waals surface area (Å²) < 4.78 is 14.1. The summed E-state index contributed by atoms with van der Waals surface area (Å²) in [7, 11) is 1.99. The fraction of sp³-hybridized carbons (Fsp3) is 0.615. The summed E-state index contributed by atoms with van der Waals surface area (Å²) in [5, 5.41) is 12.3. The minimum absolute atomic E-state index is 0.0283. The van der Waals surface area contributed by atoms with Crippen LogP contribution in [0.2, 0.25) is 0 Å². The van der Waals surface area contributed by atoms with Crippen molar-refractivity contribution in [2.75, 3.05) is 20.1 Å². The molecular formula is C13H19FN4O4. The number of aromatic amines is 1. The van der Waals surface area contributed by atoms with Crippen LogP contribution in [0, 0.1) is 5.82 Å². The molecule has 1 aliphatic heterocycles. The molecule has 0 amide bonds. The van der Waals surface area contributed by atoms with Crippen LogP contribution < -0.4 is 16.6 Å². The van der Waals surface area contributed by atoms with Crippen LogP contribution in [0.4, 0.5) is 4.39 Å². The summed E-state index contributed by atoms with van der Waals surface area (Å²) in [6, 6.07) is -1.00. The molecular weight excluding hydrogens is 295 g/mol.